The molecule has 0 N–H and O–H groups in total. The molecule has 0 saturated heterocycles. The summed E-state index contributed by atoms with van der Waals surface area (Å²) in [5, 5.41) is 1.80. The zero-order valence-corrected chi connectivity index (χ0v) is 21.8. The van der Waals surface area contributed by atoms with Crippen LogP contribution in [0.25, 0.3) is 21.9 Å². The van der Waals surface area contributed by atoms with Gasteiger partial charge in [0.15, 0.2) is 0 Å². The van der Waals surface area contributed by atoms with E-state index in [4.69, 9.17) is 17.9 Å². The fraction of sp³-hybridized carbons (Fsp3) is 0.538. The first kappa shape index (κ1) is 23.6. The molecule has 0 unspecified atom stereocenters. The SMILES string of the molecule is COc1cc(C(C)(C)C)c2op(C(C)(C)C)oc3c(C(C)(C)C)cc(OC)cc3c2c1. The highest BCUT2D eigenvalue weighted by atomic mass is 31.1. The summed E-state index contributed by atoms with van der Waals surface area (Å²) in [4.78, 5) is 0. The molecule has 1 aromatic heterocycles. The van der Waals surface area contributed by atoms with E-state index >= 15 is 0 Å². The molecule has 3 aromatic rings. The lowest BCUT2D eigenvalue weighted by Crippen LogP contribution is -2.12. The lowest BCUT2D eigenvalue weighted by Gasteiger charge is -2.21. The van der Waals surface area contributed by atoms with Crippen molar-refractivity contribution in [1.29, 1.82) is 0 Å². The molecule has 5 heteroatoms. The second-order valence-corrected chi connectivity index (χ2v) is 13.4. The van der Waals surface area contributed by atoms with Gasteiger partial charge in [-0.2, -0.15) is 0 Å². The molecule has 4 nitrogen and oxygen atoms in total. The first-order valence-corrected chi connectivity index (χ1v) is 12.0. The quantitative estimate of drug-likeness (QED) is 0.397. The van der Waals surface area contributed by atoms with Crippen molar-refractivity contribution in [1.82, 2.24) is 0 Å². The van der Waals surface area contributed by atoms with E-state index in [1.807, 2.05) is 0 Å². The predicted molar refractivity (Wildman–Crippen MR) is 132 cm³/mol. The Hall–Kier alpha value is -2.06. The highest BCUT2D eigenvalue weighted by molar-refractivity contribution is 7.38. The largest absolute Gasteiger partial charge is 0.497 e. The molecule has 3 rings (SSSR count). The molecular formula is C26H37O4P. The predicted octanol–water partition coefficient (Wildman–Crippen LogP) is 8.66. The van der Waals surface area contributed by atoms with Crippen molar-refractivity contribution in [2.24, 2.45) is 0 Å². The van der Waals surface area contributed by atoms with Crippen LogP contribution in [0.3, 0.4) is 0 Å². The van der Waals surface area contributed by atoms with Crippen molar-refractivity contribution in [3.8, 4) is 11.5 Å². The van der Waals surface area contributed by atoms with Crippen LogP contribution in [0.15, 0.2) is 32.7 Å². The lowest BCUT2D eigenvalue weighted by atomic mass is 9.84. The zero-order valence-electron chi connectivity index (χ0n) is 20.9. The molecule has 2 aromatic carbocycles. The third-order valence-electron chi connectivity index (χ3n) is 5.40. The number of benzene rings is 2. The molecule has 0 saturated carbocycles. The Bertz CT molecular complexity index is 1070. The normalized spacial score (nSPS) is 13.0. The van der Waals surface area contributed by atoms with Gasteiger partial charge < -0.3 is 17.9 Å². The van der Waals surface area contributed by atoms with Crippen LogP contribution in [0.1, 0.15) is 73.4 Å². The van der Waals surface area contributed by atoms with E-state index in [-0.39, 0.29) is 16.0 Å². The summed E-state index contributed by atoms with van der Waals surface area (Å²) < 4.78 is 24.9. The van der Waals surface area contributed by atoms with Gasteiger partial charge in [-0.15, -0.1) is 0 Å². The van der Waals surface area contributed by atoms with Crippen molar-refractivity contribution < 1.29 is 17.9 Å². The summed E-state index contributed by atoms with van der Waals surface area (Å²) in [5.41, 5.74) is 3.70. The van der Waals surface area contributed by atoms with Crippen LogP contribution >= 0.6 is 8.01 Å². The second-order valence-electron chi connectivity index (χ2n) is 11.2. The standard InChI is InChI=1S/C26H37O4P/c1-24(2,3)20-14-16(27-10)12-18-19-13-17(28-11)15-21(25(4,5)6)23(19)30-31(26(7,8)9)29-22(18)20/h12-15H,1-11H3. The average Bonchev–Trinajstić information content (AvgIpc) is 2.81. The van der Waals surface area contributed by atoms with Crippen LogP contribution in [0.4, 0.5) is 0 Å². The van der Waals surface area contributed by atoms with Crippen LogP contribution in [0.2, 0.25) is 0 Å². The maximum Gasteiger partial charge on any atom is 0.222 e. The molecule has 170 valence electrons. The van der Waals surface area contributed by atoms with Gasteiger partial charge in [0.25, 0.3) is 0 Å². The van der Waals surface area contributed by atoms with Crippen LogP contribution in [0.5, 0.6) is 11.5 Å². The Morgan fingerprint density at radius 2 is 0.968 bits per heavy atom. The minimum absolute atomic E-state index is 0.131. The average molecular weight is 445 g/mol. The minimum Gasteiger partial charge on any atom is -0.497 e. The summed E-state index contributed by atoms with van der Waals surface area (Å²) >= 11 is 0. The van der Waals surface area contributed by atoms with Crippen molar-refractivity contribution in [3.05, 3.63) is 35.4 Å². The molecule has 0 amide bonds. The van der Waals surface area contributed by atoms with Gasteiger partial charge in [0, 0.05) is 21.9 Å². The van der Waals surface area contributed by atoms with Crippen LogP contribution in [0, 0.1) is 0 Å². The number of hydrogen-bond acceptors (Lipinski definition) is 4. The molecule has 0 aliphatic carbocycles. The summed E-state index contributed by atoms with van der Waals surface area (Å²) in [6, 6.07) is 8.29. The first-order valence-electron chi connectivity index (χ1n) is 10.8. The number of fused-ring (bicyclic) bond motifs is 3. The maximum absolute atomic E-state index is 6.75. The van der Waals surface area contributed by atoms with Crippen LogP contribution in [-0.2, 0) is 16.0 Å². The van der Waals surface area contributed by atoms with Gasteiger partial charge in [-0.3, -0.25) is 0 Å². The number of hydrogen-bond donors (Lipinski definition) is 0. The monoisotopic (exact) mass is 444 g/mol. The third-order valence-corrected chi connectivity index (χ3v) is 7.19. The highest BCUT2D eigenvalue weighted by Crippen LogP contribution is 2.50. The minimum atomic E-state index is -1.25. The molecule has 0 atom stereocenters. The van der Waals surface area contributed by atoms with Gasteiger partial charge in [0.1, 0.15) is 22.7 Å². The van der Waals surface area contributed by atoms with Gasteiger partial charge in [0.05, 0.1) is 19.4 Å². The van der Waals surface area contributed by atoms with E-state index in [1.54, 1.807) is 14.2 Å². The summed E-state index contributed by atoms with van der Waals surface area (Å²) in [7, 11) is 2.16. The Balaban J connectivity index is 2.74. The Morgan fingerprint density at radius 1 is 0.613 bits per heavy atom. The molecule has 0 bridgehead atoms. The Kier molecular flexibility index (Phi) is 5.95. The number of methoxy groups -OCH3 is 2. The number of rotatable bonds is 2. The van der Waals surface area contributed by atoms with Gasteiger partial charge in [-0.1, -0.05) is 41.5 Å². The van der Waals surface area contributed by atoms with E-state index in [9.17, 15) is 0 Å². The molecule has 0 radical (unpaired) electrons. The molecule has 1 heterocycles. The fourth-order valence-electron chi connectivity index (χ4n) is 3.61. The van der Waals surface area contributed by atoms with Gasteiger partial charge in [-0.05, 0) is 55.9 Å². The van der Waals surface area contributed by atoms with Crippen LogP contribution < -0.4 is 9.47 Å². The lowest BCUT2D eigenvalue weighted by molar-refractivity contribution is 0.413. The Morgan fingerprint density at radius 3 is 1.23 bits per heavy atom. The molecule has 0 aliphatic heterocycles. The van der Waals surface area contributed by atoms with Gasteiger partial charge >= 0.3 is 0 Å². The van der Waals surface area contributed by atoms with Gasteiger partial charge in [0.2, 0.25) is 8.01 Å². The maximum atomic E-state index is 6.75. The zero-order chi connectivity index (χ0) is 23.4. The number of ether oxygens (including phenoxy) is 2. The molecule has 0 fully saturated rings. The molecule has 0 spiro atoms. The van der Waals surface area contributed by atoms with Gasteiger partial charge in [-0.25, -0.2) is 0 Å². The van der Waals surface area contributed by atoms with E-state index < -0.39 is 8.01 Å². The summed E-state index contributed by atoms with van der Waals surface area (Å²) in [6.45, 7) is 19.7. The van der Waals surface area contributed by atoms with E-state index in [0.717, 1.165) is 44.6 Å². The van der Waals surface area contributed by atoms with Crippen molar-refractivity contribution in [2.75, 3.05) is 14.2 Å². The summed E-state index contributed by atoms with van der Waals surface area (Å²) in [5.74, 6) is 1.61. The van der Waals surface area contributed by atoms with Crippen LogP contribution in [-0.4, -0.2) is 14.2 Å². The topological polar surface area (TPSA) is 44.7 Å². The molecule has 0 aliphatic rings. The van der Waals surface area contributed by atoms with Crippen molar-refractivity contribution in [2.45, 2.75) is 78.3 Å². The smallest absolute Gasteiger partial charge is 0.222 e. The Labute approximate surface area is 187 Å². The summed E-state index contributed by atoms with van der Waals surface area (Å²) in [6.07, 6.45) is 0. The second kappa shape index (κ2) is 7.81. The molecular weight excluding hydrogens is 407 g/mol. The van der Waals surface area contributed by atoms with Crippen molar-refractivity contribution in [3.63, 3.8) is 0 Å². The van der Waals surface area contributed by atoms with E-state index in [2.05, 4.69) is 86.6 Å². The van der Waals surface area contributed by atoms with E-state index in [1.165, 1.54) is 0 Å². The first-order chi connectivity index (χ1) is 14.2. The highest BCUT2D eigenvalue weighted by Gasteiger charge is 2.28. The van der Waals surface area contributed by atoms with Crippen molar-refractivity contribution >= 4 is 30.0 Å². The fourth-order valence-corrected chi connectivity index (χ4v) is 4.92. The molecule has 31 heavy (non-hydrogen) atoms. The third kappa shape index (κ3) is 4.60. The van der Waals surface area contributed by atoms with E-state index in [0.29, 0.717) is 0 Å².